The maximum absolute atomic E-state index is 14.2. The third-order valence-corrected chi connectivity index (χ3v) is 10.9. The van der Waals surface area contributed by atoms with Gasteiger partial charge in [-0.3, -0.25) is 24.0 Å². The minimum Gasteiger partial charge on any atom is -0.356 e. The van der Waals surface area contributed by atoms with Crippen molar-refractivity contribution >= 4 is 29.5 Å². The zero-order valence-electron chi connectivity index (χ0n) is 33.1. The third kappa shape index (κ3) is 11.1. The van der Waals surface area contributed by atoms with Crippen molar-refractivity contribution in [3.05, 3.63) is 48.0 Å². The summed E-state index contributed by atoms with van der Waals surface area (Å²) in [5.41, 5.74) is -0.137. The van der Waals surface area contributed by atoms with Crippen molar-refractivity contribution in [1.29, 1.82) is 0 Å². The van der Waals surface area contributed by atoms with Gasteiger partial charge >= 0.3 is 0 Å². The van der Waals surface area contributed by atoms with Gasteiger partial charge in [-0.25, -0.2) is 0 Å². The molecule has 0 radical (unpaired) electrons. The highest BCUT2D eigenvalue weighted by molar-refractivity contribution is 5.95. The smallest absolute Gasteiger partial charge is 0.243 e. The van der Waals surface area contributed by atoms with Crippen LogP contribution in [0.4, 0.5) is 0 Å². The molecule has 0 aromatic heterocycles. The zero-order valence-corrected chi connectivity index (χ0v) is 33.1. The highest BCUT2D eigenvalue weighted by Crippen LogP contribution is 2.40. The molecule has 0 aliphatic carbocycles. The number of fused-ring (bicyclic) bond motifs is 1. The molecule has 2 fully saturated rings. The van der Waals surface area contributed by atoms with Crippen LogP contribution in [0, 0.1) is 23.7 Å². The molecule has 2 saturated heterocycles. The Morgan fingerprint density at radius 1 is 0.906 bits per heavy atom. The maximum atomic E-state index is 14.2. The molecule has 4 rings (SSSR count). The topological polar surface area (TPSA) is 160 Å². The van der Waals surface area contributed by atoms with Crippen molar-refractivity contribution in [1.82, 2.24) is 31.2 Å². The van der Waals surface area contributed by atoms with E-state index in [-0.39, 0.29) is 47.8 Å². The number of rotatable bonds is 10. The SMILES string of the molecule is CC(C)CC1/C=C/C(Cc2ccccc2)C(=O)N2CCCC2C(=O)NC(C(C)C)C(=O)NC(CCCNC(=O)C2CC(C)(C)N(O)C(C)(C)C2)C(=O)N1. The van der Waals surface area contributed by atoms with Crippen molar-refractivity contribution in [3.8, 4) is 0 Å². The van der Waals surface area contributed by atoms with Crippen LogP contribution in [-0.2, 0) is 30.4 Å². The van der Waals surface area contributed by atoms with Crippen molar-refractivity contribution < 1.29 is 29.2 Å². The van der Waals surface area contributed by atoms with Gasteiger partial charge in [0.2, 0.25) is 29.5 Å². The van der Waals surface area contributed by atoms with Crippen LogP contribution in [-0.4, -0.2) is 93.0 Å². The standard InChI is InChI=1S/C41H64N6O6/c1-26(2)22-31-19-18-29(23-28-14-10-9-11-15-28)39(52)46-21-13-17-33(46)37(50)45-34(27(3)4)38(51)44-32(36(49)43-31)16-12-20-42-35(48)30-24-40(5,6)47(53)41(7,8)25-30/h9-11,14-15,18-19,26-27,29-34,53H,12-13,16-17,20-25H2,1-8H3,(H,42,48)(H,43,49)(H,44,51)(H,45,50)/b19-18+. The normalized spacial score (nSPS) is 28.1. The molecule has 1 aromatic carbocycles. The van der Waals surface area contributed by atoms with E-state index in [9.17, 15) is 29.2 Å². The molecule has 1 aromatic rings. The van der Waals surface area contributed by atoms with Gasteiger partial charge in [-0.15, -0.1) is 0 Å². The molecule has 0 bridgehead atoms. The molecule has 12 heteroatoms. The van der Waals surface area contributed by atoms with E-state index < -0.39 is 47.1 Å². The summed E-state index contributed by atoms with van der Waals surface area (Å²) in [6.07, 6.45) is 7.70. The number of carbonyl (C=O) groups is 5. The Bertz CT molecular complexity index is 1460. The molecule has 5 amide bonds. The number of piperidine rings is 1. The van der Waals surface area contributed by atoms with Gasteiger partial charge in [0.05, 0.1) is 5.92 Å². The molecular formula is C41H64N6O6. The molecule has 294 valence electrons. The predicted molar refractivity (Wildman–Crippen MR) is 204 cm³/mol. The van der Waals surface area contributed by atoms with E-state index in [1.54, 1.807) is 4.90 Å². The number of nitrogens with one attached hydrogen (secondary N) is 4. The van der Waals surface area contributed by atoms with Crippen LogP contribution in [0.5, 0.6) is 0 Å². The van der Waals surface area contributed by atoms with Gasteiger partial charge in [-0.05, 0) is 96.5 Å². The number of amides is 5. The van der Waals surface area contributed by atoms with Crippen LogP contribution in [0.25, 0.3) is 0 Å². The first kappa shape index (κ1) is 42.0. The second-order valence-corrected chi connectivity index (χ2v) is 17.4. The zero-order chi connectivity index (χ0) is 39.1. The fourth-order valence-corrected chi connectivity index (χ4v) is 8.30. The molecule has 5 unspecified atom stereocenters. The van der Waals surface area contributed by atoms with Crippen molar-refractivity contribution in [2.75, 3.05) is 13.1 Å². The van der Waals surface area contributed by atoms with Gasteiger partial charge in [0.1, 0.15) is 18.1 Å². The van der Waals surface area contributed by atoms with Crippen LogP contribution in [0.3, 0.4) is 0 Å². The Morgan fingerprint density at radius 2 is 1.57 bits per heavy atom. The Balaban J connectivity index is 1.57. The summed E-state index contributed by atoms with van der Waals surface area (Å²) < 4.78 is 0. The molecular weight excluding hydrogens is 672 g/mol. The molecule has 5 N–H and O–H groups in total. The largest absolute Gasteiger partial charge is 0.356 e. The van der Waals surface area contributed by atoms with E-state index in [1.807, 2.05) is 84.0 Å². The van der Waals surface area contributed by atoms with E-state index in [2.05, 4.69) is 35.1 Å². The first-order valence-electron chi connectivity index (χ1n) is 19.6. The first-order valence-corrected chi connectivity index (χ1v) is 19.6. The van der Waals surface area contributed by atoms with Crippen molar-refractivity contribution in [3.63, 3.8) is 0 Å². The second-order valence-electron chi connectivity index (χ2n) is 17.4. The number of nitrogens with zero attached hydrogens (tertiary/aromatic N) is 2. The van der Waals surface area contributed by atoms with Gasteiger partial charge in [0.15, 0.2) is 0 Å². The Labute approximate surface area is 316 Å². The number of hydrogen-bond donors (Lipinski definition) is 5. The van der Waals surface area contributed by atoms with Crippen LogP contribution in [0.2, 0.25) is 0 Å². The molecule has 0 spiro atoms. The monoisotopic (exact) mass is 736 g/mol. The summed E-state index contributed by atoms with van der Waals surface area (Å²) in [4.78, 5) is 70.8. The fraction of sp³-hybridized carbons (Fsp3) is 0.683. The molecule has 53 heavy (non-hydrogen) atoms. The van der Waals surface area contributed by atoms with Crippen molar-refractivity contribution in [2.45, 2.75) is 142 Å². The number of carbonyl (C=O) groups excluding carboxylic acids is 5. The van der Waals surface area contributed by atoms with Crippen LogP contribution < -0.4 is 21.3 Å². The van der Waals surface area contributed by atoms with E-state index in [1.165, 1.54) is 5.06 Å². The second kappa shape index (κ2) is 18.0. The molecule has 3 aliphatic heterocycles. The average molecular weight is 737 g/mol. The lowest BCUT2D eigenvalue weighted by Crippen LogP contribution is -2.60. The van der Waals surface area contributed by atoms with E-state index in [4.69, 9.17) is 0 Å². The molecule has 3 aliphatic rings. The van der Waals surface area contributed by atoms with Gasteiger partial charge in [-0.1, -0.05) is 70.2 Å². The van der Waals surface area contributed by atoms with Crippen LogP contribution in [0.1, 0.15) is 106 Å². The van der Waals surface area contributed by atoms with Gasteiger partial charge < -0.3 is 31.4 Å². The van der Waals surface area contributed by atoms with Gasteiger partial charge in [0.25, 0.3) is 0 Å². The Kier molecular flexibility index (Phi) is 14.3. The minimum absolute atomic E-state index is 0.0971. The Morgan fingerprint density at radius 3 is 2.19 bits per heavy atom. The quantitative estimate of drug-likeness (QED) is 0.179. The summed E-state index contributed by atoms with van der Waals surface area (Å²) in [5.74, 6) is -2.35. The number of benzene rings is 1. The third-order valence-electron chi connectivity index (χ3n) is 10.9. The maximum Gasteiger partial charge on any atom is 0.243 e. The number of hydrogen-bond acceptors (Lipinski definition) is 7. The van der Waals surface area contributed by atoms with Crippen molar-refractivity contribution in [2.24, 2.45) is 23.7 Å². The van der Waals surface area contributed by atoms with Gasteiger partial charge in [-0.2, -0.15) is 5.06 Å². The van der Waals surface area contributed by atoms with E-state index in [0.29, 0.717) is 58.0 Å². The molecule has 0 saturated carbocycles. The summed E-state index contributed by atoms with van der Waals surface area (Å²) in [7, 11) is 0. The lowest BCUT2D eigenvalue weighted by molar-refractivity contribution is -0.249. The van der Waals surface area contributed by atoms with Crippen LogP contribution in [0.15, 0.2) is 42.5 Å². The summed E-state index contributed by atoms with van der Waals surface area (Å²) >= 11 is 0. The predicted octanol–water partition coefficient (Wildman–Crippen LogP) is 4.12. The Hall–Kier alpha value is -3.77. The minimum atomic E-state index is -0.925. The first-order chi connectivity index (χ1) is 24.9. The summed E-state index contributed by atoms with van der Waals surface area (Å²) in [6, 6.07) is 6.82. The highest BCUT2D eigenvalue weighted by atomic mass is 16.5. The summed E-state index contributed by atoms with van der Waals surface area (Å²) in [5, 5.41) is 24.0. The molecule has 3 heterocycles. The van der Waals surface area contributed by atoms with Gasteiger partial charge in [0, 0.05) is 36.1 Å². The van der Waals surface area contributed by atoms with Crippen LogP contribution >= 0.6 is 0 Å². The highest BCUT2D eigenvalue weighted by Gasteiger charge is 2.47. The lowest BCUT2D eigenvalue weighted by atomic mass is 9.75. The fourth-order valence-electron chi connectivity index (χ4n) is 8.30. The molecule has 12 nitrogen and oxygen atoms in total. The summed E-state index contributed by atoms with van der Waals surface area (Å²) in [6.45, 7) is 16.2. The van der Waals surface area contributed by atoms with E-state index >= 15 is 0 Å². The van der Waals surface area contributed by atoms with E-state index in [0.717, 1.165) is 5.56 Å². The lowest BCUT2D eigenvalue weighted by Gasteiger charge is -2.51. The molecule has 5 atom stereocenters. The number of hydroxylamine groups is 2. The average Bonchev–Trinajstić information content (AvgIpc) is 3.58.